The molecule has 0 spiro atoms. The van der Waals surface area contributed by atoms with E-state index in [9.17, 15) is 0 Å². The van der Waals surface area contributed by atoms with Crippen LogP contribution in [0.1, 0.15) is 31.4 Å². The largest absolute Gasteiger partial charge is 0.385 e. The van der Waals surface area contributed by atoms with Gasteiger partial charge in [0.2, 0.25) is 0 Å². The number of ether oxygens (including phenoxy) is 1. The summed E-state index contributed by atoms with van der Waals surface area (Å²) in [6.45, 7) is 4.02. The fraction of sp³-hybridized carbons (Fsp3) is 0.412. The van der Waals surface area contributed by atoms with Crippen molar-refractivity contribution in [3.63, 3.8) is 0 Å². The average Bonchev–Trinajstić information content (AvgIpc) is 2.47. The molecular weight excluding hydrogens is 234 g/mol. The van der Waals surface area contributed by atoms with Crippen molar-refractivity contribution < 1.29 is 4.74 Å². The Morgan fingerprint density at radius 2 is 1.89 bits per heavy atom. The molecule has 1 atom stereocenters. The molecule has 0 aliphatic heterocycles. The van der Waals surface area contributed by atoms with Gasteiger partial charge in [-0.15, -0.1) is 0 Å². The standard InChI is InChI=1S/C17H23NO/c1-3-12-18-17(11-13-19-2)16-10-6-8-14-7-4-5-9-15(14)16/h4-10,17-18H,3,11-13H2,1-2H3. The van der Waals surface area contributed by atoms with E-state index in [-0.39, 0.29) is 0 Å². The highest BCUT2D eigenvalue weighted by atomic mass is 16.5. The number of hydrogen-bond acceptors (Lipinski definition) is 2. The van der Waals surface area contributed by atoms with Crippen LogP contribution in [0.4, 0.5) is 0 Å². The summed E-state index contributed by atoms with van der Waals surface area (Å²) in [5, 5.41) is 6.28. The van der Waals surface area contributed by atoms with Crippen LogP contribution < -0.4 is 5.32 Å². The second-order valence-electron chi connectivity index (χ2n) is 4.86. The van der Waals surface area contributed by atoms with Crippen molar-refractivity contribution in [3.05, 3.63) is 48.0 Å². The highest BCUT2D eigenvalue weighted by Crippen LogP contribution is 2.26. The van der Waals surface area contributed by atoms with Crippen LogP contribution in [-0.4, -0.2) is 20.3 Å². The van der Waals surface area contributed by atoms with E-state index in [0.29, 0.717) is 6.04 Å². The average molecular weight is 257 g/mol. The lowest BCUT2D eigenvalue weighted by Gasteiger charge is -2.20. The van der Waals surface area contributed by atoms with E-state index in [1.807, 2.05) is 0 Å². The first kappa shape index (κ1) is 14.0. The Bertz CT molecular complexity index is 496. The number of hydrogen-bond donors (Lipinski definition) is 1. The van der Waals surface area contributed by atoms with Crippen LogP contribution in [0.5, 0.6) is 0 Å². The van der Waals surface area contributed by atoms with Gasteiger partial charge < -0.3 is 10.1 Å². The van der Waals surface area contributed by atoms with Crippen LogP contribution in [0.25, 0.3) is 10.8 Å². The SMILES string of the molecule is CCCNC(CCOC)c1cccc2ccccc12. The van der Waals surface area contributed by atoms with Crippen LogP contribution in [-0.2, 0) is 4.74 Å². The van der Waals surface area contributed by atoms with Crippen molar-refractivity contribution in [1.82, 2.24) is 5.32 Å². The van der Waals surface area contributed by atoms with Crippen molar-refractivity contribution in [3.8, 4) is 0 Å². The summed E-state index contributed by atoms with van der Waals surface area (Å²) in [6, 6.07) is 15.5. The monoisotopic (exact) mass is 257 g/mol. The third-order valence-corrected chi connectivity index (χ3v) is 3.45. The zero-order valence-electron chi connectivity index (χ0n) is 11.9. The van der Waals surface area contributed by atoms with Gasteiger partial charge in [-0.3, -0.25) is 0 Å². The Hall–Kier alpha value is -1.38. The smallest absolute Gasteiger partial charge is 0.0480 e. The van der Waals surface area contributed by atoms with Gasteiger partial charge in [-0.1, -0.05) is 49.4 Å². The molecule has 0 amide bonds. The maximum atomic E-state index is 5.25. The van der Waals surface area contributed by atoms with Gasteiger partial charge in [0.05, 0.1) is 0 Å². The fourth-order valence-electron chi connectivity index (χ4n) is 2.48. The minimum absolute atomic E-state index is 0.367. The highest BCUT2D eigenvalue weighted by molar-refractivity contribution is 5.86. The first-order chi connectivity index (χ1) is 9.36. The Kier molecular flexibility index (Phi) is 5.37. The van der Waals surface area contributed by atoms with E-state index in [4.69, 9.17) is 4.74 Å². The van der Waals surface area contributed by atoms with Crippen LogP contribution in [0.15, 0.2) is 42.5 Å². The molecule has 0 fully saturated rings. The van der Waals surface area contributed by atoms with E-state index in [1.54, 1.807) is 7.11 Å². The van der Waals surface area contributed by atoms with E-state index >= 15 is 0 Å². The van der Waals surface area contributed by atoms with Gasteiger partial charge in [-0.2, -0.15) is 0 Å². The van der Waals surface area contributed by atoms with E-state index in [2.05, 4.69) is 54.7 Å². The van der Waals surface area contributed by atoms with Crippen molar-refractivity contribution in [2.45, 2.75) is 25.8 Å². The second kappa shape index (κ2) is 7.27. The van der Waals surface area contributed by atoms with Gasteiger partial charge in [-0.05, 0) is 35.7 Å². The van der Waals surface area contributed by atoms with Crippen molar-refractivity contribution >= 4 is 10.8 Å². The Morgan fingerprint density at radius 3 is 2.68 bits per heavy atom. The summed E-state index contributed by atoms with van der Waals surface area (Å²) in [6.07, 6.45) is 2.15. The molecule has 2 aromatic carbocycles. The number of rotatable bonds is 7. The molecule has 0 saturated carbocycles. The topological polar surface area (TPSA) is 21.3 Å². The molecule has 0 aromatic heterocycles. The van der Waals surface area contributed by atoms with E-state index < -0.39 is 0 Å². The predicted octanol–water partition coefficient (Wildman–Crippen LogP) is 3.92. The zero-order valence-corrected chi connectivity index (χ0v) is 11.9. The van der Waals surface area contributed by atoms with Crippen molar-refractivity contribution in [2.24, 2.45) is 0 Å². The Morgan fingerprint density at radius 1 is 1.11 bits per heavy atom. The molecule has 1 unspecified atom stereocenters. The summed E-state index contributed by atoms with van der Waals surface area (Å²) < 4.78 is 5.25. The summed E-state index contributed by atoms with van der Waals surface area (Å²) in [5.41, 5.74) is 1.38. The molecule has 1 N–H and O–H groups in total. The van der Waals surface area contributed by atoms with Gasteiger partial charge in [0, 0.05) is 19.8 Å². The minimum Gasteiger partial charge on any atom is -0.385 e. The second-order valence-corrected chi connectivity index (χ2v) is 4.86. The quantitative estimate of drug-likeness (QED) is 0.811. The number of methoxy groups -OCH3 is 1. The molecule has 0 aliphatic rings. The van der Waals surface area contributed by atoms with Crippen LogP contribution in [0.2, 0.25) is 0 Å². The lowest BCUT2D eigenvalue weighted by molar-refractivity contribution is 0.183. The van der Waals surface area contributed by atoms with E-state index in [0.717, 1.165) is 26.0 Å². The molecule has 2 nitrogen and oxygen atoms in total. The molecule has 0 saturated heterocycles. The van der Waals surface area contributed by atoms with Crippen molar-refractivity contribution in [2.75, 3.05) is 20.3 Å². The zero-order chi connectivity index (χ0) is 13.5. The molecule has 19 heavy (non-hydrogen) atoms. The first-order valence-electron chi connectivity index (χ1n) is 7.06. The van der Waals surface area contributed by atoms with Gasteiger partial charge in [0.15, 0.2) is 0 Å². The Labute approximate surface area is 115 Å². The normalized spacial score (nSPS) is 12.7. The summed E-state index contributed by atoms with van der Waals surface area (Å²) in [5.74, 6) is 0. The maximum Gasteiger partial charge on any atom is 0.0480 e. The molecule has 0 bridgehead atoms. The first-order valence-corrected chi connectivity index (χ1v) is 7.06. The van der Waals surface area contributed by atoms with Crippen molar-refractivity contribution in [1.29, 1.82) is 0 Å². The molecular formula is C17H23NO. The molecule has 0 heterocycles. The number of fused-ring (bicyclic) bond motifs is 1. The van der Waals surface area contributed by atoms with Gasteiger partial charge >= 0.3 is 0 Å². The summed E-state index contributed by atoms with van der Waals surface area (Å²) >= 11 is 0. The van der Waals surface area contributed by atoms with Gasteiger partial charge in [0.25, 0.3) is 0 Å². The van der Waals surface area contributed by atoms with E-state index in [1.165, 1.54) is 16.3 Å². The summed E-state index contributed by atoms with van der Waals surface area (Å²) in [7, 11) is 1.76. The molecule has 0 radical (unpaired) electrons. The van der Waals surface area contributed by atoms with Gasteiger partial charge in [-0.25, -0.2) is 0 Å². The third-order valence-electron chi connectivity index (χ3n) is 3.45. The van der Waals surface area contributed by atoms with Crippen LogP contribution in [0.3, 0.4) is 0 Å². The molecule has 0 aliphatic carbocycles. The van der Waals surface area contributed by atoms with Crippen LogP contribution >= 0.6 is 0 Å². The number of benzene rings is 2. The lowest BCUT2D eigenvalue weighted by atomic mass is 9.97. The minimum atomic E-state index is 0.367. The molecule has 2 rings (SSSR count). The number of nitrogens with one attached hydrogen (secondary N) is 1. The molecule has 2 aromatic rings. The maximum absolute atomic E-state index is 5.25. The predicted molar refractivity (Wildman–Crippen MR) is 81.5 cm³/mol. The third kappa shape index (κ3) is 3.55. The van der Waals surface area contributed by atoms with Gasteiger partial charge in [0.1, 0.15) is 0 Å². The molecule has 2 heteroatoms. The van der Waals surface area contributed by atoms with Crippen LogP contribution in [0, 0.1) is 0 Å². The lowest BCUT2D eigenvalue weighted by Crippen LogP contribution is -2.23. The fourth-order valence-corrected chi connectivity index (χ4v) is 2.48. The Balaban J connectivity index is 2.31. The summed E-state index contributed by atoms with van der Waals surface area (Å²) in [4.78, 5) is 0. The molecule has 102 valence electrons. The highest BCUT2D eigenvalue weighted by Gasteiger charge is 2.12.